The van der Waals surface area contributed by atoms with Gasteiger partial charge in [-0.05, 0) is 44.4 Å². The first-order valence-corrected chi connectivity index (χ1v) is 10.4. The van der Waals surface area contributed by atoms with Crippen LogP contribution in [-0.2, 0) is 12.8 Å². The average Bonchev–Trinajstić information content (AvgIpc) is 3.36. The highest BCUT2D eigenvalue weighted by molar-refractivity contribution is 5.83. The van der Waals surface area contributed by atoms with E-state index in [4.69, 9.17) is 9.97 Å². The van der Waals surface area contributed by atoms with E-state index in [1.807, 2.05) is 29.2 Å². The molecule has 3 aromatic heterocycles. The van der Waals surface area contributed by atoms with E-state index in [9.17, 15) is 5.11 Å². The zero-order chi connectivity index (χ0) is 21.1. The van der Waals surface area contributed by atoms with Gasteiger partial charge in [-0.25, -0.2) is 9.97 Å². The summed E-state index contributed by atoms with van der Waals surface area (Å²) in [6, 6.07) is 7.49. The molecule has 0 fully saturated rings. The Labute approximate surface area is 175 Å². The fourth-order valence-corrected chi connectivity index (χ4v) is 3.43. The molecule has 2 N–H and O–H groups in total. The summed E-state index contributed by atoms with van der Waals surface area (Å²) in [5.41, 5.74) is 2.70. The molecule has 0 radical (unpaired) electrons. The van der Waals surface area contributed by atoms with Gasteiger partial charge in [0.05, 0.1) is 6.33 Å². The van der Waals surface area contributed by atoms with Crippen molar-refractivity contribution < 1.29 is 5.11 Å². The van der Waals surface area contributed by atoms with Gasteiger partial charge in [-0.2, -0.15) is 9.97 Å². The van der Waals surface area contributed by atoms with E-state index in [1.165, 1.54) is 0 Å². The summed E-state index contributed by atoms with van der Waals surface area (Å²) in [5.74, 6) is 2.53. The molecule has 0 bridgehead atoms. The van der Waals surface area contributed by atoms with E-state index in [-0.39, 0.29) is 11.8 Å². The summed E-state index contributed by atoms with van der Waals surface area (Å²) in [6.45, 7) is 7.05. The Kier molecular flexibility index (Phi) is 5.65. The van der Waals surface area contributed by atoms with Crippen LogP contribution in [0.2, 0.25) is 0 Å². The van der Waals surface area contributed by atoms with Gasteiger partial charge >= 0.3 is 0 Å². The number of aryl methyl sites for hydroxylation is 1. The zero-order valence-electron chi connectivity index (χ0n) is 17.6. The number of aromatic nitrogens is 6. The Morgan fingerprint density at radius 3 is 2.60 bits per heavy atom. The number of phenolic OH excluding ortho intramolecular Hbond substituents is 1. The Morgan fingerprint density at radius 1 is 1.07 bits per heavy atom. The third kappa shape index (κ3) is 3.98. The van der Waals surface area contributed by atoms with E-state index in [0.29, 0.717) is 18.3 Å². The number of nitrogens with zero attached hydrogens (tertiary/aromatic N) is 6. The van der Waals surface area contributed by atoms with Crippen LogP contribution in [0.1, 0.15) is 44.6 Å². The van der Waals surface area contributed by atoms with Gasteiger partial charge in [-0.3, -0.25) is 4.57 Å². The van der Waals surface area contributed by atoms with Gasteiger partial charge in [-0.15, -0.1) is 0 Å². The van der Waals surface area contributed by atoms with Crippen molar-refractivity contribution in [2.75, 3.05) is 11.9 Å². The molecule has 0 amide bonds. The van der Waals surface area contributed by atoms with Gasteiger partial charge in [0, 0.05) is 31.4 Å². The second kappa shape index (κ2) is 8.52. The van der Waals surface area contributed by atoms with Gasteiger partial charge in [0.15, 0.2) is 17.0 Å². The quantitative estimate of drug-likeness (QED) is 0.462. The number of fused-ring (bicyclic) bond motifs is 1. The molecule has 0 aliphatic heterocycles. The summed E-state index contributed by atoms with van der Waals surface area (Å²) >= 11 is 0. The van der Waals surface area contributed by atoms with Crippen molar-refractivity contribution >= 4 is 17.0 Å². The fourth-order valence-electron chi connectivity index (χ4n) is 3.43. The van der Waals surface area contributed by atoms with Crippen molar-refractivity contribution in [3.8, 4) is 11.7 Å². The van der Waals surface area contributed by atoms with Crippen molar-refractivity contribution in [3.05, 3.63) is 54.4 Å². The number of benzene rings is 1. The first-order chi connectivity index (χ1) is 14.6. The molecule has 0 atom stereocenters. The van der Waals surface area contributed by atoms with Crippen LogP contribution in [0.15, 0.2) is 43.0 Å². The highest BCUT2D eigenvalue weighted by atomic mass is 16.3. The molecule has 4 aromatic rings. The Morgan fingerprint density at radius 2 is 1.87 bits per heavy atom. The predicted octanol–water partition coefficient (Wildman–Crippen LogP) is 3.91. The SMILES string of the molecule is CCCc1nccn1-c1nc(NCCc2ccc(O)cc2)c2ncn(C(C)C)c2n1. The van der Waals surface area contributed by atoms with Gasteiger partial charge in [0.25, 0.3) is 0 Å². The monoisotopic (exact) mass is 405 g/mol. The first-order valence-electron chi connectivity index (χ1n) is 10.4. The van der Waals surface area contributed by atoms with Crippen LogP contribution in [0.5, 0.6) is 5.75 Å². The number of hydrogen-bond acceptors (Lipinski definition) is 6. The van der Waals surface area contributed by atoms with Gasteiger partial charge in [-0.1, -0.05) is 19.1 Å². The molecule has 156 valence electrons. The van der Waals surface area contributed by atoms with E-state index >= 15 is 0 Å². The minimum atomic E-state index is 0.237. The van der Waals surface area contributed by atoms with E-state index in [1.54, 1.807) is 18.3 Å². The van der Waals surface area contributed by atoms with Crippen molar-refractivity contribution in [2.24, 2.45) is 0 Å². The Hall–Kier alpha value is -3.42. The van der Waals surface area contributed by atoms with Gasteiger partial charge in [0.1, 0.15) is 11.6 Å². The molecule has 4 rings (SSSR count). The topological polar surface area (TPSA) is 93.7 Å². The van der Waals surface area contributed by atoms with Crippen molar-refractivity contribution in [2.45, 2.75) is 46.1 Å². The predicted molar refractivity (Wildman–Crippen MR) is 117 cm³/mol. The largest absolute Gasteiger partial charge is 0.508 e. The van der Waals surface area contributed by atoms with Gasteiger partial charge < -0.3 is 15.0 Å². The van der Waals surface area contributed by atoms with Crippen LogP contribution in [0.25, 0.3) is 17.1 Å². The Balaban J connectivity index is 1.68. The number of aromatic hydroxyl groups is 1. The molecule has 0 saturated carbocycles. The van der Waals surface area contributed by atoms with Crippen LogP contribution >= 0.6 is 0 Å². The van der Waals surface area contributed by atoms with Crippen LogP contribution in [0.3, 0.4) is 0 Å². The van der Waals surface area contributed by atoms with Crippen LogP contribution in [0.4, 0.5) is 5.82 Å². The van der Waals surface area contributed by atoms with Crippen molar-refractivity contribution in [1.29, 1.82) is 0 Å². The van der Waals surface area contributed by atoms with E-state index < -0.39 is 0 Å². The highest BCUT2D eigenvalue weighted by Crippen LogP contribution is 2.24. The molecule has 8 nitrogen and oxygen atoms in total. The molecule has 0 saturated heterocycles. The number of rotatable bonds is 8. The average molecular weight is 406 g/mol. The Bertz CT molecular complexity index is 1130. The lowest BCUT2D eigenvalue weighted by Crippen LogP contribution is -2.12. The third-order valence-corrected chi connectivity index (χ3v) is 5.01. The van der Waals surface area contributed by atoms with E-state index in [0.717, 1.165) is 41.8 Å². The van der Waals surface area contributed by atoms with Crippen LogP contribution in [0, 0.1) is 0 Å². The minimum absolute atomic E-state index is 0.237. The maximum absolute atomic E-state index is 9.46. The number of nitrogens with one attached hydrogen (secondary N) is 1. The molecular weight excluding hydrogens is 378 g/mol. The van der Waals surface area contributed by atoms with Crippen LogP contribution < -0.4 is 5.32 Å². The molecule has 0 aliphatic carbocycles. The maximum atomic E-state index is 9.46. The second-order valence-electron chi connectivity index (χ2n) is 7.60. The van der Waals surface area contributed by atoms with Gasteiger partial charge in [0.2, 0.25) is 5.95 Å². The van der Waals surface area contributed by atoms with Crippen molar-refractivity contribution in [3.63, 3.8) is 0 Å². The third-order valence-electron chi connectivity index (χ3n) is 5.01. The lowest BCUT2D eigenvalue weighted by atomic mass is 10.1. The molecule has 8 heteroatoms. The molecule has 1 aromatic carbocycles. The summed E-state index contributed by atoms with van der Waals surface area (Å²) in [5, 5.41) is 12.9. The first kappa shape index (κ1) is 19.9. The standard InChI is InChI=1S/C22H27N7O/c1-4-5-18-23-12-13-28(18)22-26-20(19-21(27-22)29(14-25-19)15(2)3)24-11-10-16-6-8-17(30)9-7-16/h6-9,12-15,30H,4-5,10-11H2,1-3H3,(H,24,26,27). The lowest BCUT2D eigenvalue weighted by Gasteiger charge is -2.12. The molecule has 30 heavy (non-hydrogen) atoms. The zero-order valence-corrected chi connectivity index (χ0v) is 17.6. The summed E-state index contributed by atoms with van der Waals surface area (Å²) in [6.07, 6.45) is 8.18. The van der Waals surface area contributed by atoms with E-state index in [2.05, 4.69) is 40.6 Å². The number of imidazole rings is 2. The number of phenols is 1. The summed E-state index contributed by atoms with van der Waals surface area (Å²) in [4.78, 5) is 18.7. The van der Waals surface area contributed by atoms with Crippen molar-refractivity contribution in [1.82, 2.24) is 29.1 Å². The fraction of sp³-hybridized carbons (Fsp3) is 0.364. The maximum Gasteiger partial charge on any atom is 0.239 e. The van der Waals surface area contributed by atoms with Crippen LogP contribution in [-0.4, -0.2) is 40.7 Å². The normalized spacial score (nSPS) is 11.5. The summed E-state index contributed by atoms with van der Waals surface area (Å²) < 4.78 is 4.01. The molecule has 0 unspecified atom stereocenters. The molecule has 0 spiro atoms. The smallest absolute Gasteiger partial charge is 0.239 e. The molecule has 0 aliphatic rings. The lowest BCUT2D eigenvalue weighted by molar-refractivity contribution is 0.475. The second-order valence-corrected chi connectivity index (χ2v) is 7.60. The molecular formula is C22H27N7O. The highest BCUT2D eigenvalue weighted by Gasteiger charge is 2.17. The number of anilines is 1. The minimum Gasteiger partial charge on any atom is -0.508 e. The molecule has 3 heterocycles. The summed E-state index contributed by atoms with van der Waals surface area (Å²) in [7, 11) is 0. The number of hydrogen-bond donors (Lipinski definition) is 2.